The van der Waals surface area contributed by atoms with Crippen molar-refractivity contribution in [3.63, 3.8) is 0 Å². The third kappa shape index (κ3) is 2.87. The maximum absolute atomic E-state index is 12.0. The van der Waals surface area contributed by atoms with Gasteiger partial charge in [-0.05, 0) is 19.4 Å². The van der Waals surface area contributed by atoms with E-state index in [4.69, 9.17) is 0 Å². The van der Waals surface area contributed by atoms with Crippen LogP contribution in [0, 0.1) is 5.92 Å². The van der Waals surface area contributed by atoms with Crippen LogP contribution in [0.15, 0.2) is 12.2 Å². The third-order valence-corrected chi connectivity index (χ3v) is 2.78. The first-order chi connectivity index (χ1) is 7.45. The average molecular weight is 231 g/mol. The van der Waals surface area contributed by atoms with E-state index in [2.05, 4.69) is 0 Å². The standard InChI is InChI=1S/C11H15F2NO2/c1-3-9(7(2)15)14-6-8(4-10(12)13)5-11(14)16/h4,8-9H,3,5-6H2,1-2H3/t8-,9+/m1/s1. The van der Waals surface area contributed by atoms with E-state index in [0.717, 1.165) is 6.08 Å². The van der Waals surface area contributed by atoms with Gasteiger partial charge in [-0.15, -0.1) is 0 Å². The van der Waals surface area contributed by atoms with Gasteiger partial charge in [-0.2, -0.15) is 8.78 Å². The van der Waals surface area contributed by atoms with Crippen LogP contribution in [0.25, 0.3) is 0 Å². The first-order valence-electron chi connectivity index (χ1n) is 5.28. The second kappa shape index (κ2) is 5.18. The molecule has 0 aromatic rings. The second-order valence-electron chi connectivity index (χ2n) is 4.00. The molecule has 3 nitrogen and oxygen atoms in total. The van der Waals surface area contributed by atoms with Gasteiger partial charge < -0.3 is 4.90 Å². The molecular formula is C11H15F2NO2. The van der Waals surface area contributed by atoms with E-state index in [9.17, 15) is 18.4 Å². The van der Waals surface area contributed by atoms with E-state index in [1.165, 1.54) is 11.8 Å². The molecule has 0 aromatic carbocycles. The van der Waals surface area contributed by atoms with Crippen LogP contribution in [0.2, 0.25) is 0 Å². The Labute approximate surface area is 93.1 Å². The smallest absolute Gasteiger partial charge is 0.266 e. The Hall–Kier alpha value is -1.26. The summed E-state index contributed by atoms with van der Waals surface area (Å²) in [4.78, 5) is 24.3. The summed E-state index contributed by atoms with van der Waals surface area (Å²) in [5.74, 6) is -0.781. The highest BCUT2D eigenvalue weighted by molar-refractivity contribution is 5.88. The predicted octanol–water partition coefficient (Wildman–Crippen LogP) is 1.98. The number of likely N-dealkylation sites (tertiary alicyclic amines) is 1. The van der Waals surface area contributed by atoms with E-state index in [0.29, 0.717) is 6.42 Å². The maximum Gasteiger partial charge on any atom is 0.266 e. The molecule has 0 bridgehead atoms. The highest BCUT2D eigenvalue weighted by atomic mass is 19.3. The van der Waals surface area contributed by atoms with Crippen molar-refractivity contribution in [1.82, 2.24) is 4.90 Å². The summed E-state index contributed by atoms with van der Waals surface area (Å²) in [6.07, 6.45) is -0.378. The van der Waals surface area contributed by atoms with Gasteiger partial charge >= 0.3 is 0 Å². The molecule has 1 fully saturated rings. The molecule has 1 aliphatic heterocycles. The number of hydrogen-bond acceptors (Lipinski definition) is 2. The molecular weight excluding hydrogens is 216 g/mol. The minimum absolute atomic E-state index is 0.0706. The molecule has 0 spiro atoms. The number of ketones is 1. The molecule has 1 rings (SSSR count). The summed E-state index contributed by atoms with van der Waals surface area (Å²) >= 11 is 0. The van der Waals surface area contributed by atoms with Crippen LogP contribution < -0.4 is 0 Å². The molecule has 1 heterocycles. The Bertz CT molecular complexity index is 324. The fourth-order valence-electron chi connectivity index (χ4n) is 2.08. The minimum atomic E-state index is -1.77. The summed E-state index contributed by atoms with van der Waals surface area (Å²) in [5, 5.41) is 0. The van der Waals surface area contributed by atoms with Crippen molar-refractivity contribution < 1.29 is 18.4 Å². The average Bonchev–Trinajstić information content (AvgIpc) is 2.46. The second-order valence-corrected chi connectivity index (χ2v) is 4.00. The normalized spacial score (nSPS) is 22.1. The lowest BCUT2D eigenvalue weighted by Crippen LogP contribution is -2.40. The van der Waals surface area contributed by atoms with Gasteiger partial charge in [0.1, 0.15) is 0 Å². The van der Waals surface area contributed by atoms with E-state index in [1.807, 2.05) is 0 Å². The van der Waals surface area contributed by atoms with Crippen LogP contribution in [0.1, 0.15) is 26.7 Å². The fraction of sp³-hybridized carbons (Fsp3) is 0.636. The topological polar surface area (TPSA) is 37.4 Å². The van der Waals surface area contributed by atoms with Crippen molar-refractivity contribution >= 4 is 11.7 Å². The number of rotatable bonds is 4. The molecule has 0 unspecified atom stereocenters. The number of Topliss-reactive ketones (excluding diaryl/α,β-unsaturated/α-hetero) is 1. The van der Waals surface area contributed by atoms with E-state index in [-0.39, 0.29) is 24.7 Å². The van der Waals surface area contributed by atoms with E-state index < -0.39 is 18.0 Å². The zero-order valence-electron chi connectivity index (χ0n) is 9.37. The number of nitrogens with zero attached hydrogens (tertiary/aromatic N) is 1. The third-order valence-electron chi connectivity index (χ3n) is 2.78. The first kappa shape index (κ1) is 12.8. The van der Waals surface area contributed by atoms with Crippen LogP contribution in [0.3, 0.4) is 0 Å². The molecule has 0 aromatic heterocycles. The van der Waals surface area contributed by atoms with Gasteiger partial charge in [-0.1, -0.05) is 6.92 Å². The van der Waals surface area contributed by atoms with E-state index >= 15 is 0 Å². The van der Waals surface area contributed by atoms with Gasteiger partial charge in [0, 0.05) is 18.9 Å². The van der Waals surface area contributed by atoms with Crippen LogP contribution in [0.5, 0.6) is 0 Å². The Kier molecular flexibility index (Phi) is 4.15. The molecule has 0 N–H and O–H groups in total. The van der Waals surface area contributed by atoms with Crippen molar-refractivity contribution in [3.05, 3.63) is 12.2 Å². The van der Waals surface area contributed by atoms with Crippen molar-refractivity contribution in [3.8, 4) is 0 Å². The van der Waals surface area contributed by atoms with Crippen molar-refractivity contribution in [2.75, 3.05) is 6.54 Å². The molecule has 90 valence electrons. The number of carbonyl (C=O) groups excluding carboxylic acids is 2. The number of amides is 1. The van der Waals surface area contributed by atoms with Gasteiger partial charge in [0.2, 0.25) is 5.91 Å². The Morgan fingerprint density at radius 2 is 2.25 bits per heavy atom. The lowest BCUT2D eigenvalue weighted by molar-refractivity contribution is -0.135. The van der Waals surface area contributed by atoms with Crippen molar-refractivity contribution in [2.45, 2.75) is 32.7 Å². The zero-order valence-corrected chi connectivity index (χ0v) is 9.37. The summed E-state index contributed by atoms with van der Waals surface area (Å²) in [5.41, 5.74) is 0. The monoisotopic (exact) mass is 231 g/mol. The number of halogens is 2. The summed E-state index contributed by atoms with van der Waals surface area (Å²) in [7, 11) is 0. The molecule has 1 amide bonds. The summed E-state index contributed by atoms with van der Waals surface area (Å²) < 4.78 is 24.1. The van der Waals surface area contributed by atoms with Crippen LogP contribution in [0.4, 0.5) is 8.78 Å². The van der Waals surface area contributed by atoms with Gasteiger partial charge in [0.25, 0.3) is 6.08 Å². The molecule has 5 heteroatoms. The minimum Gasteiger partial charge on any atom is -0.332 e. The molecule has 1 aliphatic rings. The van der Waals surface area contributed by atoms with Crippen LogP contribution in [-0.4, -0.2) is 29.2 Å². The van der Waals surface area contributed by atoms with Crippen molar-refractivity contribution in [1.29, 1.82) is 0 Å². The number of carbonyl (C=O) groups is 2. The molecule has 0 aliphatic carbocycles. The summed E-state index contributed by atoms with van der Waals surface area (Å²) in [6, 6.07) is -0.464. The first-order valence-corrected chi connectivity index (χ1v) is 5.28. The highest BCUT2D eigenvalue weighted by Crippen LogP contribution is 2.24. The lowest BCUT2D eigenvalue weighted by Gasteiger charge is -2.24. The van der Waals surface area contributed by atoms with Gasteiger partial charge in [0.15, 0.2) is 5.78 Å². The van der Waals surface area contributed by atoms with Crippen LogP contribution in [-0.2, 0) is 9.59 Å². The molecule has 1 saturated heterocycles. The number of hydrogen-bond donors (Lipinski definition) is 0. The highest BCUT2D eigenvalue weighted by Gasteiger charge is 2.34. The summed E-state index contributed by atoms with van der Waals surface area (Å²) in [6.45, 7) is 3.44. The Balaban J connectivity index is 2.74. The van der Waals surface area contributed by atoms with Crippen molar-refractivity contribution in [2.24, 2.45) is 5.92 Å². The Morgan fingerprint density at radius 3 is 2.69 bits per heavy atom. The SMILES string of the molecule is CC[C@@H](C(C)=O)N1C[C@H](C=C(F)F)CC1=O. The van der Waals surface area contributed by atoms with E-state index in [1.54, 1.807) is 6.92 Å². The van der Waals surface area contributed by atoms with Gasteiger partial charge in [0.05, 0.1) is 6.04 Å². The molecule has 0 saturated carbocycles. The molecule has 0 radical (unpaired) electrons. The van der Waals surface area contributed by atoms with Gasteiger partial charge in [-0.3, -0.25) is 9.59 Å². The maximum atomic E-state index is 12.0. The largest absolute Gasteiger partial charge is 0.332 e. The van der Waals surface area contributed by atoms with Gasteiger partial charge in [-0.25, -0.2) is 0 Å². The lowest BCUT2D eigenvalue weighted by atomic mass is 10.1. The van der Waals surface area contributed by atoms with Crippen LogP contribution >= 0.6 is 0 Å². The zero-order chi connectivity index (χ0) is 12.3. The predicted molar refractivity (Wildman–Crippen MR) is 54.9 cm³/mol. The fourth-order valence-corrected chi connectivity index (χ4v) is 2.08. The Morgan fingerprint density at radius 1 is 1.62 bits per heavy atom. The molecule has 16 heavy (non-hydrogen) atoms. The quantitative estimate of drug-likeness (QED) is 0.742. The molecule has 2 atom stereocenters.